The second-order valence-electron chi connectivity index (χ2n) is 9.03. The third-order valence-electron chi connectivity index (χ3n) is 4.62. The van der Waals surface area contributed by atoms with E-state index in [1.54, 1.807) is 95.2 Å². The summed E-state index contributed by atoms with van der Waals surface area (Å²) in [5.74, 6) is 0. The van der Waals surface area contributed by atoms with Gasteiger partial charge in [0.25, 0.3) is 0 Å². The SMILES string of the molecule is CC.CC.CC.CC.CC.CC.CC.CC.Cn1cccc1.Cn1cccn1.Cn1ccnc1.Cn1ccnn1.Cn1cncn1.Cn1cnnc1.Cn1cnnn1.Cn1nccn1. The highest BCUT2D eigenvalue weighted by Crippen LogP contribution is 1.80. The van der Waals surface area contributed by atoms with E-state index in [0.29, 0.717) is 0 Å². The minimum atomic E-state index is 1.50. The van der Waals surface area contributed by atoms with Crippen LogP contribution in [0.1, 0.15) is 111 Å². The minimum Gasteiger partial charge on any atom is -0.357 e. The molecule has 8 aromatic heterocycles. The van der Waals surface area contributed by atoms with Gasteiger partial charge in [0.2, 0.25) is 0 Å². The Morgan fingerprint density at radius 2 is 0.828 bits per heavy atom. The normalized spacial score (nSPS) is 7.38. The smallest absolute Gasteiger partial charge is 0.137 e. The first kappa shape index (κ1) is 74.8. The maximum atomic E-state index is 3.83. The monoisotopic (exact) mass is 902 g/mol. The lowest BCUT2D eigenvalue weighted by atomic mass is 10.7. The van der Waals surface area contributed by atoms with E-state index in [-0.39, 0.29) is 0 Å². The molecule has 0 saturated heterocycles. The summed E-state index contributed by atoms with van der Waals surface area (Å²) in [5.41, 5.74) is 0. The van der Waals surface area contributed by atoms with Crippen LogP contribution in [0.3, 0.4) is 0 Å². The van der Waals surface area contributed by atoms with Crippen LogP contribution in [0, 0.1) is 0 Å². The molecule has 0 aromatic carbocycles. The zero-order valence-electron chi connectivity index (χ0n) is 44.4. The van der Waals surface area contributed by atoms with Gasteiger partial charge in [-0.3, -0.25) is 14.0 Å². The Bertz CT molecular complexity index is 1270. The van der Waals surface area contributed by atoms with Crippen LogP contribution in [0.5, 0.6) is 0 Å². The molecule has 368 valence electrons. The van der Waals surface area contributed by atoms with Crippen molar-refractivity contribution in [3.05, 3.63) is 118 Å². The number of hydrogen-bond donors (Lipinski definition) is 0. The van der Waals surface area contributed by atoms with Gasteiger partial charge in [0, 0.05) is 99.8 Å². The molecule has 0 amide bonds. The van der Waals surface area contributed by atoms with Crippen molar-refractivity contribution in [2.24, 2.45) is 56.4 Å². The number of rotatable bonds is 0. The lowest BCUT2D eigenvalue weighted by Crippen LogP contribution is -1.89. The molecule has 64 heavy (non-hydrogen) atoms. The van der Waals surface area contributed by atoms with E-state index in [9.17, 15) is 0 Å². The van der Waals surface area contributed by atoms with Crippen molar-refractivity contribution < 1.29 is 0 Å². The lowest BCUT2D eigenvalue weighted by molar-refractivity contribution is 0.654. The summed E-state index contributed by atoms with van der Waals surface area (Å²) in [5, 5.41) is 39.4. The van der Waals surface area contributed by atoms with Gasteiger partial charge in [0.15, 0.2) is 0 Å². The maximum Gasteiger partial charge on any atom is 0.137 e. The molecule has 0 bridgehead atoms. The van der Waals surface area contributed by atoms with Gasteiger partial charge < -0.3 is 13.7 Å². The first-order valence-corrected chi connectivity index (χ1v) is 21.9. The van der Waals surface area contributed by atoms with E-state index >= 15 is 0 Å². The van der Waals surface area contributed by atoms with Gasteiger partial charge in [-0.1, -0.05) is 116 Å². The van der Waals surface area contributed by atoms with Crippen LogP contribution in [0.25, 0.3) is 0 Å². The van der Waals surface area contributed by atoms with Crippen molar-refractivity contribution in [3.63, 3.8) is 0 Å². The summed E-state index contributed by atoms with van der Waals surface area (Å²) in [6, 6.07) is 5.89. The highest BCUT2D eigenvalue weighted by molar-refractivity contribution is 4.88. The molecule has 8 heterocycles. The summed E-state index contributed by atoms with van der Waals surface area (Å²) in [7, 11) is 14.9. The van der Waals surface area contributed by atoms with Crippen LogP contribution in [-0.2, 0) is 56.4 Å². The zero-order chi connectivity index (χ0) is 51.2. The van der Waals surface area contributed by atoms with Gasteiger partial charge in [-0.05, 0) is 28.6 Å². The molecule has 21 heteroatoms. The van der Waals surface area contributed by atoms with Crippen molar-refractivity contribution in [2.45, 2.75) is 111 Å². The summed E-state index contributed by atoms with van der Waals surface area (Å²) in [6.07, 6.45) is 27.7. The Labute approximate surface area is 388 Å². The second kappa shape index (κ2) is 70.9. The number of aromatic nitrogens is 21. The van der Waals surface area contributed by atoms with E-state index < -0.39 is 0 Å². The van der Waals surface area contributed by atoms with E-state index in [2.05, 4.69) is 66.4 Å². The van der Waals surface area contributed by atoms with E-state index in [1.165, 1.54) is 22.1 Å². The summed E-state index contributed by atoms with van der Waals surface area (Å²) in [4.78, 5) is 8.96. The van der Waals surface area contributed by atoms with Gasteiger partial charge >= 0.3 is 0 Å². The van der Waals surface area contributed by atoms with Crippen LogP contribution in [0.2, 0.25) is 0 Å². The predicted octanol–water partition coefficient (Wildman–Crippen LogP) is 8.55. The summed E-state index contributed by atoms with van der Waals surface area (Å²) >= 11 is 0. The predicted molar refractivity (Wildman–Crippen MR) is 265 cm³/mol. The summed E-state index contributed by atoms with van der Waals surface area (Å²) < 4.78 is 12.2. The molecule has 21 nitrogen and oxygen atoms in total. The summed E-state index contributed by atoms with van der Waals surface area (Å²) in [6.45, 7) is 32.0. The molecule has 0 aliphatic heterocycles. The fourth-order valence-electron chi connectivity index (χ4n) is 2.37. The molecule has 0 N–H and O–H groups in total. The fourth-order valence-corrected chi connectivity index (χ4v) is 2.37. The van der Waals surface area contributed by atoms with Crippen LogP contribution in [0.4, 0.5) is 0 Å². The first-order valence-electron chi connectivity index (χ1n) is 21.9. The van der Waals surface area contributed by atoms with Crippen LogP contribution < -0.4 is 0 Å². The largest absolute Gasteiger partial charge is 0.357 e. The molecule has 0 atom stereocenters. The highest BCUT2D eigenvalue weighted by atomic mass is 15.5. The molecule has 0 aliphatic carbocycles. The molecule has 0 fully saturated rings. The van der Waals surface area contributed by atoms with E-state index in [1.807, 2.05) is 205 Å². The topological polar surface area (TPSA) is 207 Å². The molecule has 0 radical (unpaired) electrons. The van der Waals surface area contributed by atoms with E-state index in [0.717, 1.165) is 0 Å². The second-order valence-corrected chi connectivity index (χ2v) is 9.03. The van der Waals surface area contributed by atoms with Crippen molar-refractivity contribution in [1.29, 1.82) is 0 Å². The Balaban J connectivity index is -0.0000000893. The molecule has 0 spiro atoms. The van der Waals surface area contributed by atoms with Crippen LogP contribution >= 0.6 is 0 Å². The average molecular weight is 902 g/mol. The van der Waals surface area contributed by atoms with Crippen LogP contribution in [0.15, 0.2) is 118 Å². The maximum absolute atomic E-state index is 3.83. The molecule has 0 saturated carbocycles. The molecule has 0 unspecified atom stereocenters. The fraction of sp³-hybridized carbons (Fsp3) is 0.558. The average Bonchev–Trinajstić information content (AvgIpc) is 4.19. The lowest BCUT2D eigenvalue weighted by Gasteiger charge is -1.79. The quantitative estimate of drug-likeness (QED) is 0.140. The highest BCUT2D eigenvalue weighted by Gasteiger charge is 1.74. The Hall–Kier alpha value is -6.67. The van der Waals surface area contributed by atoms with Crippen molar-refractivity contribution in [1.82, 2.24) is 104 Å². The van der Waals surface area contributed by atoms with Gasteiger partial charge in [-0.15, -0.1) is 20.4 Å². The Kier molecular flexibility index (Phi) is 82.8. The number of tetrazole rings is 1. The van der Waals surface area contributed by atoms with E-state index in [4.69, 9.17) is 0 Å². The molecule has 0 aliphatic rings. The van der Waals surface area contributed by atoms with Crippen molar-refractivity contribution in [3.8, 4) is 0 Å². The molecule has 8 rings (SSSR count). The van der Waals surface area contributed by atoms with Crippen LogP contribution in [-0.4, -0.2) is 104 Å². The zero-order valence-corrected chi connectivity index (χ0v) is 44.4. The standard InChI is InChI=1S/C5H7N.2C4H6N2.4C3H5N3.C2H4N4.8C2H6/c1-6-4-2-3-5-6;1-6-3-2-5-4-6;1-6-4-2-3-5-6;1-6-2-4-5-3-6;1-6-3-4-2-5-6;1-6-3-2-4-5-6;1-6-4-2-3-5-6;1-6-2-3-4-5-6;8*1-2/h2-5H,1H3;2*2-4H,1H3;4*2-3H,1H3;2H,1H3;8*1-2H3. The first-order chi connectivity index (χ1) is 31.2. The van der Waals surface area contributed by atoms with Gasteiger partial charge in [-0.25, -0.2) is 14.6 Å². The molecule has 8 aromatic rings. The number of aryl methyl sites for hydroxylation is 8. The molecular formula is C43H91N21. The number of imidazole rings is 1. The van der Waals surface area contributed by atoms with Crippen molar-refractivity contribution in [2.75, 3.05) is 0 Å². The van der Waals surface area contributed by atoms with Gasteiger partial charge in [-0.2, -0.15) is 25.2 Å². The van der Waals surface area contributed by atoms with Gasteiger partial charge in [0.1, 0.15) is 31.6 Å². The third-order valence-corrected chi connectivity index (χ3v) is 4.62. The third kappa shape index (κ3) is 67.1. The number of nitrogens with zero attached hydrogens (tertiary/aromatic N) is 21. The van der Waals surface area contributed by atoms with Crippen molar-refractivity contribution >= 4 is 0 Å². The number of hydrogen-bond acceptors (Lipinski definition) is 13. The Morgan fingerprint density at radius 3 is 0.953 bits per heavy atom. The molecular weight excluding hydrogens is 811 g/mol. The van der Waals surface area contributed by atoms with Gasteiger partial charge in [0.05, 0.1) is 24.9 Å². The Morgan fingerprint density at radius 1 is 0.297 bits per heavy atom. The minimum absolute atomic E-state index is 1.50.